The summed E-state index contributed by atoms with van der Waals surface area (Å²) >= 11 is 0. The minimum atomic E-state index is -0.963. The van der Waals surface area contributed by atoms with Gasteiger partial charge in [-0.25, -0.2) is 14.8 Å². The zero-order chi connectivity index (χ0) is 16.4. The number of benzene rings is 2. The molecule has 0 bridgehead atoms. The van der Waals surface area contributed by atoms with Crippen LogP contribution in [-0.2, 0) is 0 Å². The lowest BCUT2D eigenvalue weighted by Crippen LogP contribution is -2.01. The minimum Gasteiger partial charge on any atom is -0.478 e. The van der Waals surface area contributed by atoms with Gasteiger partial charge in [-0.2, -0.15) is 0 Å². The van der Waals surface area contributed by atoms with Gasteiger partial charge in [0, 0.05) is 17.3 Å². The number of nitrogens with one attached hydrogen (secondary N) is 1. The van der Waals surface area contributed by atoms with Crippen LogP contribution in [0.15, 0.2) is 48.7 Å². The van der Waals surface area contributed by atoms with Crippen molar-refractivity contribution in [2.75, 3.05) is 5.32 Å². The number of hydrogen-bond donors (Lipinski definition) is 2. The van der Waals surface area contributed by atoms with Crippen LogP contribution in [0, 0.1) is 0 Å². The zero-order valence-corrected chi connectivity index (χ0v) is 12.9. The third kappa shape index (κ3) is 3.13. The van der Waals surface area contributed by atoms with E-state index in [4.69, 9.17) is 5.11 Å². The molecule has 23 heavy (non-hydrogen) atoms. The molecule has 116 valence electrons. The van der Waals surface area contributed by atoms with Crippen LogP contribution in [-0.4, -0.2) is 21.0 Å². The number of aromatic nitrogens is 2. The highest BCUT2D eigenvalue weighted by Gasteiger charge is 2.09. The lowest BCUT2D eigenvalue weighted by Gasteiger charge is -2.11. The first-order valence-corrected chi connectivity index (χ1v) is 7.40. The van der Waals surface area contributed by atoms with Gasteiger partial charge >= 0.3 is 5.97 Å². The third-order valence-corrected chi connectivity index (χ3v) is 3.63. The molecule has 1 heterocycles. The predicted octanol–water partition coefficient (Wildman–Crippen LogP) is 4.20. The number of fused-ring (bicyclic) bond motifs is 1. The summed E-state index contributed by atoms with van der Waals surface area (Å²) < 4.78 is 0. The van der Waals surface area contributed by atoms with Crippen LogP contribution in [0.5, 0.6) is 0 Å². The number of carboxylic acids is 1. The summed E-state index contributed by atoms with van der Waals surface area (Å²) in [5.74, 6) is -0.153. The third-order valence-electron chi connectivity index (χ3n) is 3.63. The van der Waals surface area contributed by atoms with Crippen molar-refractivity contribution in [2.45, 2.75) is 19.8 Å². The average Bonchev–Trinajstić information content (AvgIpc) is 2.54. The van der Waals surface area contributed by atoms with Crippen LogP contribution >= 0.6 is 0 Å². The summed E-state index contributed by atoms with van der Waals surface area (Å²) in [5, 5.41) is 13.1. The van der Waals surface area contributed by atoms with Crippen molar-refractivity contribution < 1.29 is 9.90 Å². The fraction of sp³-hybridized carbons (Fsp3) is 0.167. The Balaban J connectivity index is 1.99. The maximum atomic E-state index is 11.0. The van der Waals surface area contributed by atoms with E-state index in [-0.39, 0.29) is 5.56 Å². The van der Waals surface area contributed by atoms with E-state index in [1.54, 1.807) is 30.5 Å². The number of rotatable bonds is 4. The number of carbonyl (C=O) groups is 1. The van der Waals surface area contributed by atoms with E-state index in [1.165, 1.54) is 0 Å². The zero-order valence-electron chi connectivity index (χ0n) is 12.9. The highest BCUT2D eigenvalue weighted by molar-refractivity contribution is 5.89. The Bertz CT molecular complexity index is 875. The van der Waals surface area contributed by atoms with Crippen molar-refractivity contribution >= 4 is 28.5 Å². The Morgan fingerprint density at radius 1 is 1.17 bits per heavy atom. The second-order valence-electron chi connectivity index (χ2n) is 5.64. The lowest BCUT2D eigenvalue weighted by atomic mass is 10.0. The molecule has 0 amide bonds. The summed E-state index contributed by atoms with van der Waals surface area (Å²) in [6, 6.07) is 12.6. The van der Waals surface area contributed by atoms with Gasteiger partial charge in [0.25, 0.3) is 0 Å². The number of para-hydroxylation sites is 1. The predicted molar refractivity (Wildman–Crippen MR) is 90.3 cm³/mol. The molecule has 0 radical (unpaired) electrons. The van der Waals surface area contributed by atoms with Crippen LogP contribution in [0.2, 0.25) is 0 Å². The van der Waals surface area contributed by atoms with Gasteiger partial charge in [0.15, 0.2) is 0 Å². The standard InChI is InChI=1S/C18H17N3O2/c1-11(2)15-8-4-6-13-10-19-18(21-16(13)15)20-14-7-3-5-12(9-14)17(22)23/h3-11H,1-2H3,(H,22,23)(H,19,20,21). The maximum absolute atomic E-state index is 11.0. The fourth-order valence-corrected chi connectivity index (χ4v) is 2.46. The summed E-state index contributed by atoms with van der Waals surface area (Å²) in [4.78, 5) is 19.9. The summed E-state index contributed by atoms with van der Waals surface area (Å²) in [6.45, 7) is 4.25. The first-order chi connectivity index (χ1) is 11.0. The largest absolute Gasteiger partial charge is 0.478 e. The second-order valence-corrected chi connectivity index (χ2v) is 5.64. The van der Waals surface area contributed by atoms with E-state index in [1.807, 2.05) is 12.1 Å². The maximum Gasteiger partial charge on any atom is 0.335 e. The molecule has 3 aromatic rings. The number of carboxylic acid groups (broad SMARTS) is 1. The molecule has 2 aromatic carbocycles. The second kappa shape index (κ2) is 6.04. The van der Waals surface area contributed by atoms with Crippen LogP contribution < -0.4 is 5.32 Å². The Morgan fingerprint density at radius 2 is 1.96 bits per heavy atom. The average molecular weight is 307 g/mol. The quantitative estimate of drug-likeness (QED) is 0.755. The van der Waals surface area contributed by atoms with Gasteiger partial charge in [0.05, 0.1) is 11.1 Å². The van der Waals surface area contributed by atoms with Crippen LogP contribution in [0.4, 0.5) is 11.6 Å². The molecule has 0 saturated heterocycles. The van der Waals surface area contributed by atoms with Crippen molar-refractivity contribution in [3.05, 3.63) is 59.8 Å². The van der Waals surface area contributed by atoms with E-state index in [9.17, 15) is 4.79 Å². The Labute approximate surface area is 134 Å². The highest BCUT2D eigenvalue weighted by Crippen LogP contribution is 2.25. The van der Waals surface area contributed by atoms with Gasteiger partial charge in [-0.3, -0.25) is 0 Å². The van der Waals surface area contributed by atoms with E-state index in [0.717, 1.165) is 16.5 Å². The molecular weight excluding hydrogens is 290 g/mol. The Morgan fingerprint density at radius 3 is 2.70 bits per heavy atom. The number of anilines is 2. The smallest absolute Gasteiger partial charge is 0.335 e. The van der Waals surface area contributed by atoms with E-state index >= 15 is 0 Å². The molecule has 5 nitrogen and oxygen atoms in total. The number of nitrogens with zero attached hydrogens (tertiary/aromatic N) is 2. The first-order valence-electron chi connectivity index (χ1n) is 7.40. The summed E-state index contributed by atoms with van der Waals surface area (Å²) in [7, 11) is 0. The molecule has 1 aromatic heterocycles. The number of aromatic carboxylic acids is 1. The van der Waals surface area contributed by atoms with E-state index in [2.05, 4.69) is 35.2 Å². The lowest BCUT2D eigenvalue weighted by molar-refractivity contribution is 0.0697. The Hall–Kier alpha value is -2.95. The molecular formula is C18H17N3O2. The van der Waals surface area contributed by atoms with Gasteiger partial charge in [0.2, 0.25) is 5.95 Å². The van der Waals surface area contributed by atoms with Crippen molar-refractivity contribution in [1.29, 1.82) is 0 Å². The Kier molecular flexibility index (Phi) is 3.93. The molecule has 3 rings (SSSR count). The van der Waals surface area contributed by atoms with E-state index in [0.29, 0.717) is 17.6 Å². The van der Waals surface area contributed by atoms with Gasteiger partial charge in [0.1, 0.15) is 0 Å². The van der Waals surface area contributed by atoms with Crippen LogP contribution in [0.25, 0.3) is 10.9 Å². The molecule has 0 unspecified atom stereocenters. The first kappa shape index (κ1) is 15.0. The fourth-order valence-electron chi connectivity index (χ4n) is 2.46. The van der Waals surface area contributed by atoms with Gasteiger partial charge in [-0.05, 0) is 29.7 Å². The number of hydrogen-bond acceptors (Lipinski definition) is 4. The van der Waals surface area contributed by atoms with Gasteiger partial charge < -0.3 is 10.4 Å². The SMILES string of the molecule is CC(C)c1cccc2cnc(Nc3cccc(C(=O)O)c3)nc12. The van der Waals surface area contributed by atoms with Crippen molar-refractivity contribution in [3.63, 3.8) is 0 Å². The molecule has 0 fully saturated rings. The topological polar surface area (TPSA) is 75.1 Å². The normalized spacial score (nSPS) is 10.9. The molecule has 2 N–H and O–H groups in total. The molecule has 0 aliphatic heterocycles. The minimum absolute atomic E-state index is 0.221. The monoisotopic (exact) mass is 307 g/mol. The molecule has 0 saturated carbocycles. The molecule has 5 heteroatoms. The van der Waals surface area contributed by atoms with Gasteiger partial charge in [-0.15, -0.1) is 0 Å². The molecule has 0 aliphatic carbocycles. The highest BCUT2D eigenvalue weighted by atomic mass is 16.4. The van der Waals surface area contributed by atoms with Crippen LogP contribution in [0.1, 0.15) is 35.7 Å². The molecule has 0 spiro atoms. The van der Waals surface area contributed by atoms with Gasteiger partial charge in [-0.1, -0.05) is 38.1 Å². The molecule has 0 atom stereocenters. The summed E-state index contributed by atoms with van der Waals surface area (Å²) in [5.41, 5.74) is 2.94. The van der Waals surface area contributed by atoms with E-state index < -0.39 is 5.97 Å². The van der Waals surface area contributed by atoms with Crippen LogP contribution in [0.3, 0.4) is 0 Å². The summed E-state index contributed by atoms with van der Waals surface area (Å²) in [6.07, 6.45) is 1.78. The molecule has 0 aliphatic rings. The van der Waals surface area contributed by atoms with Crippen molar-refractivity contribution in [3.8, 4) is 0 Å². The van der Waals surface area contributed by atoms with Crippen molar-refractivity contribution in [1.82, 2.24) is 9.97 Å². The van der Waals surface area contributed by atoms with Crippen molar-refractivity contribution in [2.24, 2.45) is 0 Å².